The maximum atomic E-state index is 11.7. The van der Waals surface area contributed by atoms with E-state index in [1.165, 1.54) is 6.08 Å². The summed E-state index contributed by atoms with van der Waals surface area (Å²) in [5.41, 5.74) is 1.09. The number of isocyanates is 1. The fraction of sp³-hybridized carbons (Fsp3) is 0.500. The average molecular weight is 306 g/mol. The molecule has 0 saturated heterocycles. The Kier molecular flexibility index (Phi) is 7.29. The van der Waals surface area contributed by atoms with Crippen LogP contribution in [-0.2, 0) is 9.53 Å². The van der Waals surface area contributed by atoms with Crippen molar-refractivity contribution in [3.8, 4) is 0 Å². The molecule has 1 N–H and O–H groups in total. The highest BCUT2D eigenvalue weighted by Gasteiger charge is 2.20. The first-order valence-electron chi connectivity index (χ1n) is 7.56. The van der Waals surface area contributed by atoms with E-state index in [2.05, 4.69) is 31.1 Å². The zero-order chi connectivity index (χ0) is 16.4. The summed E-state index contributed by atoms with van der Waals surface area (Å²) in [6.07, 6.45) is 0.985. The number of rotatable bonds is 8. The number of benzene rings is 1. The van der Waals surface area contributed by atoms with Gasteiger partial charge in [-0.2, -0.15) is 4.99 Å². The van der Waals surface area contributed by atoms with Crippen LogP contribution >= 0.6 is 0 Å². The number of hydrogen-bond acceptors (Lipinski definition) is 4. The summed E-state index contributed by atoms with van der Waals surface area (Å²) in [5.74, 6) is 0. The normalized spacial score (nSPS) is 10.7. The number of ether oxygens (including phenoxy) is 1. The molecule has 0 atom stereocenters. The standard InChI is InChI=1S/C16H23N3O3/c1-4-19(5-2,6-3)11-12-22-16(21)18-15-9-7-14(8-10-15)17-13-20/h7-10H,4-6,11-12H2,1-3H3/p+1. The van der Waals surface area contributed by atoms with E-state index in [1.54, 1.807) is 24.3 Å². The number of hydrogen-bond donors (Lipinski definition) is 1. The Balaban J connectivity index is 2.44. The molecule has 1 aromatic carbocycles. The number of nitrogens with zero attached hydrogens (tertiary/aromatic N) is 2. The van der Waals surface area contributed by atoms with Crippen LogP contribution < -0.4 is 5.32 Å². The molecule has 0 radical (unpaired) electrons. The van der Waals surface area contributed by atoms with Gasteiger partial charge >= 0.3 is 6.09 Å². The lowest BCUT2D eigenvalue weighted by molar-refractivity contribution is -0.923. The monoisotopic (exact) mass is 306 g/mol. The predicted molar refractivity (Wildman–Crippen MR) is 85.9 cm³/mol. The molecular weight excluding hydrogens is 282 g/mol. The van der Waals surface area contributed by atoms with Gasteiger partial charge in [0.2, 0.25) is 6.08 Å². The minimum absolute atomic E-state index is 0.384. The molecule has 0 unspecified atom stereocenters. The van der Waals surface area contributed by atoms with Crippen molar-refractivity contribution < 1.29 is 18.8 Å². The molecule has 1 aromatic rings. The van der Waals surface area contributed by atoms with Crippen LogP contribution in [0, 0.1) is 0 Å². The smallest absolute Gasteiger partial charge is 0.411 e. The van der Waals surface area contributed by atoms with Crippen molar-refractivity contribution >= 4 is 23.5 Å². The Morgan fingerprint density at radius 3 is 2.27 bits per heavy atom. The van der Waals surface area contributed by atoms with Crippen molar-refractivity contribution in [2.45, 2.75) is 20.8 Å². The molecule has 0 bridgehead atoms. The molecule has 0 saturated carbocycles. The Labute approximate surface area is 131 Å². The first-order chi connectivity index (χ1) is 10.6. The minimum atomic E-state index is -0.479. The molecule has 0 aliphatic heterocycles. The van der Waals surface area contributed by atoms with Gasteiger partial charge in [0.25, 0.3) is 0 Å². The molecule has 0 fully saturated rings. The van der Waals surface area contributed by atoms with E-state index in [4.69, 9.17) is 4.74 Å². The van der Waals surface area contributed by atoms with Crippen molar-refractivity contribution in [2.24, 2.45) is 4.99 Å². The molecule has 0 aromatic heterocycles. The molecular formula is C16H24N3O3+. The van der Waals surface area contributed by atoms with Gasteiger partial charge in [-0.25, -0.2) is 9.59 Å². The Morgan fingerprint density at radius 1 is 1.18 bits per heavy atom. The van der Waals surface area contributed by atoms with E-state index in [9.17, 15) is 9.59 Å². The van der Waals surface area contributed by atoms with Crippen molar-refractivity contribution in [2.75, 3.05) is 38.1 Å². The first kappa shape index (κ1) is 17.9. The summed E-state index contributed by atoms with van der Waals surface area (Å²) in [6, 6.07) is 6.55. The van der Waals surface area contributed by atoms with E-state index in [0.29, 0.717) is 18.0 Å². The van der Waals surface area contributed by atoms with Crippen LogP contribution in [0.25, 0.3) is 0 Å². The third kappa shape index (κ3) is 5.31. The van der Waals surface area contributed by atoms with Crippen LogP contribution in [0.15, 0.2) is 29.3 Å². The number of likely N-dealkylation sites (N-methyl/N-ethyl adjacent to an activating group) is 1. The van der Waals surface area contributed by atoms with Crippen LogP contribution in [0.2, 0.25) is 0 Å². The first-order valence-corrected chi connectivity index (χ1v) is 7.56. The van der Waals surface area contributed by atoms with Crippen molar-refractivity contribution in [3.05, 3.63) is 24.3 Å². The fourth-order valence-electron chi connectivity index (χ4n) is 2.30. The maximum Gasteiger partial charge on any atom is 0.411 e. The van der Waals surface area contributed by atoms with E-state index < -0.39 is 6.09 Å². The molecule has 0 heterocycles. The molecule has 1 rings (SSSR count). The number of quaternary nitrogens is 1. The number of carbonyl (C=O) groups is 1. The zero-order valence-corrected chi connectivity index (χ0v) is 13.5. The average Bonchev–Trinajstić information content (AvgIpc) is 2.54. The van der Waals surface area contributed by atoms with Crippen LogP contribution in [-0.4, -0.2) is 49.4 Å². The Morgan fingerprint density at radius 2 is 1.77 bits per heavy atom. The van der Waals surface area contributed by atoms with Gasteiger partial charge in [0.15, 0.2) is 0 Å². The lowest BCUT2D eigenvalue weighted by Gasteiger charge is -2.35. The van der Waals surface area contributed by atoms with Crippen LogP contribution in [0.4, 0.5) is 16.2 Å². The molecule has 0 aliphatic rings. The van der Waals surface area contributed by atoms with Gasteiger partial charge in [-0.3, -0.25) is 5.32 Å². The van der Waals surface area contributed by atoms with Gasteiger partial charge < -0.3 is 9.22 Å². The topological polar surface area (TPSA) is 67.8 Å². The van der Waals surface area contributed by atoms with Crippen LogP contribution in [0.3, 0.4) is 0 Å². The van der Waals surface area contributed by atoms with Crippen LogP contribution in [0.5, 0.6) is 0 Å². The number of nitrogens with one attached hydrogen (secondary N) is 1. The van der Waals surface area contributed by atoms with Crippen molar-refractivity contribution in [3.63, 3.8) is 0 Å². The highest BCUT2D eigenvalue weighted by atomic mass is 16.5. The molecule has 0 spiro atoms. The number of anilines is 1. The van der Waals surface area contributed by atoms with Gasteiger partial charge in [-0.15, -0.1) is 0 Å². The highest BCUT2D eigenvalue weighted by Crippen LogP contribution is 2.15. The predicted octanol–water partition coefficient (Wildman–Crippen LogP) is 3.08. The van der Waals surface area contributed by atoms with E-state index >= 15 is 0 Å². The fourth-order valence-corrected chi connectivity index (χ4v) is 2.30. The van der Waals surface area contributed by atoms with E-state index in [0.717, 1.165) is 30.7 Å². The molecule has 22 heavy (non-hydrogen) atoms. The summed E-state index contributed by atoms with van der Waals surface area (Å²) >= 11 is 0. The van der Waals surface area contributed by atoms with Crippen LogP contribution in [0.1, 0.15) is 20.8 Å². The Hall–Kier alpha value is -2.17. The van der Waals surface area contributed by atoms with E-state index in [-0.39, 0.29) is 0 Å². The summed E-state index contributed by atoms with van der Waals surface area (Å²) in [6.45, 7) is 10.7. The Bertz CT molecular complexity index is 510. The quantitative estimate of drug-likeness (QED) is 0.456. The number of carbonyl (C=O) groups excluding carboxylic acids is 2. The maximum absolute atomic E-state index is 11.7. The SMILES string of the molecule is CC[N+](CC)(CC)CCOC(=O)Nc1ccc(N=C=O)cc1. The summed E-state index contributed by atoms with van der Waals surface area (Å²) in [7, 11) is 0. The molecule has 6 heteroatoms. The third-order valence-electron chi connectivity index (χ3n) is 4.10. The summed E-state index contributed by atoms with van der Waals surface area (Å²) in [5, 5.41) is 2.64. The zero-order valence-electron chi connectivity index (χ0n) is 13.5. The highest BCUT2D eigenvalue weighted by molar-refractivity contribution is 5.84. The second-order valence-corrected chi connectivity index (χ2v) is 5.02. The van der Waals surface area contributed by atoms with Crippen molar-refractivity contribution in [1.29, 1.82) is 0 Å². The lowest BCUT2D eigenvalue weighted by atomic mass is 10.3. The molecule has 6 nitrogen and oxygen atoms in total. The van der Waals surface area contributed by atoms with E-state index in [1.807, 2.05) is 0 Å². The van der Waals surface area contributed by atoms with Gasteiger partial charge in [0.1, 0.15) is 13.2 Å². The lowest BCUT2D eigenvalue weighted by Crippen LogP contribution is -2.49. The van der Waals surface area contributed by atoms with Gasteiger partial charge in [-0.05, 0) is 45.0 Å². The van der Waals surface area contributed by atoms with Gasteiger partial charge in [0.05, 0.1) is 25.3 Å². The second-order valence-electron chi connectivity index (χ2n) is 5.02. The largest absolute Gasteiger partial charge is 0.443 e. The van der Waals surface area contributed by atoms with Gasteiger partial charge in [0, 0.05) is 5.69 Å². The minimum Gasteiger partial charge on any atom is -0.443 e. The van der Waals surface area contributed by atoms with Gasteiger partial charge in [-0.1, -0.05) is 0 Å². The second kappa shape index (κ2) is 8.97. The summed E-state index contributed by atoms with van der Waals surface area (Å²) in [4.78, 5) is 25.4. The third-order valence-corrected chi connectivity index (χ3v) is 4.10. The van der Waals surface area contributed by atoms with Crippen molar-refractivity contribution in [1.82, 2.24) is 0 Å². The number of amides is 1. The summed E-state index contributed by atoms with van der Waals surface area (Å²) < 4.78 is 6.17. The molecule has 1 amide bonds. The molecule has 0 aliphatic carbocycles. The number of aliphatic imine (C=N–C) groups is 1. The molecule has 120 valence electrons.